The molecule has 0 saturated heterocycles. The third-order valence-corrected chi connectivity index (χ3v) is 5.36. The van der Waals surface area contributed by atoms with E-state index in [0.29, 0.717) is 5.56 Å². The predicted octanol–water partition coefficient (Wildman–Crippen LogP) is 3.07. The summed E-state index contributed by atoms with van der Waals surface area (Å²) < 4.78 is 32.5. The maximum Gasteiger partial charge on any atom is 0.338 e. The van der Waals surface area contributed by atoms with Crippen molar-refractivity contribution in [3.63, 3.8) is 0 Å². The maximum atomic E-state index is 14.8. The van der Waals surface area contributed by atoms with Crippen LogP contribution in [0.1, 0.15) is 37.0 Å². The van der Waals surface area contributed by atoms with Crippen molar-refractivity contribution < 1.29 is 23.2 Å². The summed E-state index contributed by atoms with van der Waals surface area (Å²) in [5.74, 6) is -1.08. The third kappa shape index (κ3) is 4.13. The highest BCUT2D eigenvalue weighted by molar-refractivity contribution is 5.92. The Kier molecular flexibility index (Phi) is 6.14. The summed E-state index contributed by atoms with van der Waals surface area (Å²) in [6, 6.07) is 6.12. The Morgan fingerprint density at radius 2 is 2.18 bits per heavy atom. The molecule has 4 rings (SSSR count). The first-order valence-corrected chi connectivity index (χ1v) is 10.4. The number of esters is 1. The second-order valence-electron chi connectivity index (χ2n) is 7.47. The van der Waals surface area contributed by atoms with E-state index in [1.807, 2.05) is 13.0 Å². The van der Waals surface area contributed by atoms with E-state index in [0.717, 1.165) is 5.82 Å². The molecule has 10 nitrogen and oxygen atoms in total. The molecule has 11 heteroatoms. The van der Waals surface area contributed by atoms with Crippen molar-refractivity contribution in [1.29, 1.82) is 5.26 Å². The number of hydrogen-bond acceptors (Lipinski definition) is 9. The number of aromatic nitrogens is 4. The van der Waals surface area contributed by atoms with Crippen LogP contribution in [0.4, 0.5) is 4.39 Å². The standard InChI is InChI=1S/C23H21FN6O4/c1-4-32-23(31)19-12(2)33-21(26)16(10-25)20(19)14-5-6-17(24)15(9-14)22-28-18(34-29-22)11-30-8-7-27-13(30)3/h5-9,20H,4,11,26H2,1-3H3. The highest BCUT2D eigenvalue weighted by Gasteiger charge is 2.36. The van der Waals surface area contributed by atoms with E-state index in [9.17, 15) is 14.4 Å². The summed E-state index contributed by atoms with van der Waals surface area (Å²) in [6.45, 7) is 5.44. The Labute approximate surface area is 194 Å². The first-order valence-electron chi connectivity index (χ1n) is 10.4. The number of ether oxygens (including phenoxy) is 2. The molecule has 1 aliphatic rings. The van der Waals surface area contributed by atoms with E-state index < -0.39 is 17.7 Å². The van der Waals surface area contributed by atoms with Crippen LogP contribution in [-0.4, -0.2) is 32.3 Å². The maximum absolute atomic E-state index is 14.8. The lowest BCUT2D eigenvalue weighted by Crippen LogP contribution is -2.25. The third-order valence-electron chi connectivity index (χ3n) is 5.36. The molecule has 2 N–H and O–H groups in total. The van der Waals surface area contributed by atoms with E-state index in [-0.39, 0.29) is 53.2 Å². The lowest BCUT2D eigenvalue weighted by molar-refractivity contribution is -0.139. The Hall–Kier alpha value is -4.46. The van der Waals surface area contributed by atoms with Gasteiger partial charge in [-0.2, -0.15) is 10.2 Å². The van der Waals surface area contributed by atoms with Crippen molar-refractivity contribution in [1.82, 2.24) is 19.7 Å². The molecule has 0 fully saturated rings. The summed E-state index contributed by atoms with van der Waals surface area (Å²) in [6.07, 6.45) is 3.41. The van der Waals surface area contributed by atoms with E-state index in [4.69, 9.17) is 19.7 Å². The van der Waals surface area contributed by atoms with Crippen molar-refractivity contribution in [3.05, 3.63) is 76.5 Å². The van der Waals surface area contributed by atoms with Gasteiger partial charge in [0.2, 0.25) is 17.6 Å². The lowest BCUT2D eigenvalue weighted by Gasteiger charge is -2.27. The molecule has 0 amide bonds. The number of carbonyl (C=O) groups is 1. The zero-order valence-electron chi connectivity index (χ0n) is 18.7. The largest absolute Gasteiger partial charge is 0.463 e. The highest BCUT2D eigenvalue weighted by atomic mass is 19.1. The minimum absolute atomic E-state index is 0.00981. The first-order chi connectivity index (χ1) is 16.3. The molecule has 1 aromatic carbocycles. The fourth-order valence-corrected chi connectivity index (χ4v) is 3.73. The van der Waals surface area contributed by atoms with E-state index in [1.165, 1.54) is 18.2 Å². The summed E-state index contributed by atoms with van der Waals surface area (Å²) in [4.78, 5) is 21.1. The Bertz CT molecular complexity index is 1360. The molecule has 0 spiro atoms. The zero-order chi connectivity index (χ0) is 24.4. The number of rotatable bonds is 6. The fourth-order valence-electron chi connectivity index (χ4n) is 3.73. The molecular formula is C23H21FN6O4. The molecule has 2 aromatic heterocycles. The average Bonchev–Trinajstić information content (AvgIpc) is 3.43. The van der Waals surface area contributed by atoms with Gasteiger partial charge in [0, 0.05) is 12.4 Å². The van der Waals surface area contributed by atoms with Crippen LogP contribution in [-0.2, 0) is 20.8 Å². The van der Waals surface area contributed by atoms with Gasteiger partial charge in [0.25, 0.3) is 0 Å². The monoisotopic (exact) mass is 464 g/mol. The number of nitrogens with zero attached hydrogens (tertiary/aromatic N) is 5. The summed E-state index contributed by atoms with van der Waals surface area (Å²) >= 11 is 0. The fraction of sp³-hybridized carbons (Fsp3) is 0.261. The van der Waals surface area contributed by atoms with E-state index in [2.05, 4.69) is 15.1 Å². The highest BCUT2D eigenvalue weighted by Crippen LogP contribution is 2.40. The molecule has 0 radical (unpaired) electrons. The number of benzene rings is 1. The van der Waals surface area contributed by atoms with Gasteiger partial charge in [0.1, 0.15) is 35.6 Å². The summed E-state index contributed by atoms with van der Waals surface area (Å²) in [7, 11) is 0. The molecule has 0 bridgehead atoms. The lowest BCUT2D eigenvalue weighted by atomic mass is 9.82. The number of imidazole rings is 1. The number of hydrogen-bond donors (Lipinski definition) is 1. The second-order valence-corrected chi connectivity index (χ2v) is 7.47. The minimum Gasteiger partial charge on any atom is -0.463 e. The van der Waals surface area contributed by atoms with Crippen LogP contribution < -0.4 is 5.73 Å². The molecule has 34 heavy (non-hydrogen) atoms. The van der Waals surface area contributed by atoms with Gasteiger partial charge in [0.05, 0.1) is 23.7 Å². The SMILES string of the molecule is CCOC(=O)C1=C(C)OC(N)=C(C#N)C1c1ccc(F)c(-c2noc(Cn3ccnc3C)n2)c1. The molecule has 3 heterocycles. The van der Waals surface area contributed by atoms with Crippen molar-refractivity contribution in [2.45, 2.75) is 33.2 Å². The van der Waals surface area contributed by atoms with Crippen LogP contribution in [0.2, 0.25) is 0 Å². The molecule has 1 aliphatic heterocycles. The summed E-state index contributed by atoms with van der Waals surface area (Å²) in [5, 5.41) is 13.6. The van der Waals surface area contributed by atoms with Gasteiger partial charge in [0.15, 0.2) is 0 Å². The molecule has 1 atom stereocenters. The van der Waals surface area contributed by atoms with Crippen LogP contribution in [0.25, 0.3) is 11.4 Å². The van der Waals surface area contributed by atoms with Crippen LogP contribution in [0.5, 0.6) is 0 Å². The quantitative estimate of drug-likeness (QED) is 0.545. The van der Waals surface area contributed by atoms with Gasteiger partial charge in [-0.15, -0.1) is 0 Å². The Morgan fingerprint density at radius 3 is 2.85 bits per heavy atom. The Morgan fingerprint density at radius 1 is 1.38 bits per heavy atom. The van der Waals surface area contributed by atoms with Gasteiger partial charge >= 0.3 is 5.97 Å². The van der Waals surface area contributed by atoms with Crippen molar-refractivity contribution in [2.75, 3.05) is 6.61 Å². The van der Waals surface area contributed by atoms with Crippen LogP contribution in [0, 0.1) is 24.1 Å². The van der Waals surface area contributed by atoms with E-state index >= 15 is 0 Å². The van der Waals surface area contributed by atoms with Gasteiger partial charge in [-0.1, -0.05) is 11.2 Å². The topological polar surface area (TPSA) is 142 Å². The van der Waals surface area contributed by atoms with Gasteiger partial charge < -0.3 is 24.3 Å². The minimum atomic E-state index is -0.919. The Balaban J connectivity index is 1.76. The van der Waals surface area contributed by atoms with Gasteiger partial charge in [-0.05, 0) is 38.5 Å². The molecule has 0 aliphatic carbocycles. The molecule has 174 valence electrons. The number of nitrogens with two attached hydrogens (primary N) is 1. The van der Waals surface area contributed by atoms with Gasteiger partial charge in [-0.3, -0.25) is 0 Å². The van der Waals surface area contributed by atoms with Crippen LogP contribution >= 0.6 is 0 Å². The molecule has 3 aromatic rings. The molecule has 1 unspecified atom stereocenters. The number of nitriles is 1. The number of carbonyl (C=O) groups excluding carboxylic acids is 1. The predicted molar refractivity (Wildman–Crippen MR) is 116 cm³/mol. The van der Waals surface area contributed by atoms with Crippen LogP contribution in [0.3, 0.4) is 0 Å². The normalized spacial score (nSPS) is 15.8. The smallest absolute Gasteiger partial charge is 0.338 e. The molecule has 0 saturated carbocycles. The van der Waals surface area contributed by atoms with Gasteiger partial charge in [-0.25, -0.2) is 14.2 Å². The van der Waals surface area contributed by atoms with Crippen molar-refractivity contribution in [3.8, 4) is 17.5 Å². The summed E-state index contributed by atoms with van der Waals surface area (Å²) in [5.41, 5.74) is 6.50. The first kappa shape index (κ1) is 22.7. The van der Waals surface area contributed by atoms with Crippen molar-refractivity contribution >= 4 is 5.97 Å². The number of aryl methyl sites for hydroxylation is 1. The van der Waals surface area contributed by atoms with Crippen LogP contribution in [0.15, 0.2) is 57.9 Å². The van der Waals surface area contributed by atoms with E-state index in [1.54, 1.807) is 30.8 Å². The number of allylic oxidation sites excluding steroid dienone is 2. The molecular weight excluding hydrogens is 443 g/mol. The zero-order valence-corrected chi connectivity index (χ0v) is 18.7. The second kappa shape index (κ2) is 9.19. The average molecular weight is 464 g/mol. The van der Waals surface area contributed by atoms with Crippen molar-refractivity contribution in [2.24, 2.45) is 5.73 Å². The number of halogens is 1.